The predicted octanol–water partition coefficient (Wildman–Crippen LogP) is 2.29. The van der Waals surface area contributed by atoms with Gasteiger partial charge in [-0.2, -0.15) is 0 Å². The number of hydrogen-bond donors (Lipinski definition) is 1. The van der Waals surface area contributed by atoms with Gasteiger partial charge in [0.2, 0.25) is 5.91 Å². The third kappa shape index (κ3) is 5.20. The highest BCUT2D eigenvalue weighted by molar-refractivity contribution is 9.10. The molecule has 0 aliphatic carbocycles. The van der Waals surface area contributed by atoms with Crippen molar-refractivity contribution in [2.45, 2.75) is 36.6 Å². The van der Waals surface area contributed by atoms with Crippen molar-refractivity contribution in [3.05, 3.63) is 28.7 Å². The monoisotopic (exact) mass is 372 g/mol. The summed E-state index contributed by atoms with van der Waals surface area (Å²) in [7, 11) is -1.04. The first-order chi connectivity index (χ1) is 10.1. The molecule has 0 saturated carbocycles. The molecule has 4 nitrogen and oxygen atoms in total. The van der Waals surface area contributed by atoms with Gasteiger partial charge in [-0.1, -0.05) is 15.9 Å². The van der Waals surface area contributed by atoms with E-state index in [0.29, 0.717) is 25.1 Å². The predicted molar refractivity (Wildman–Crippen MR) is 88.4 cm³/mol. The molecule has 0 aromatic heterocycles. The summed E-state index contributed by atoms with van der Waals surface area (Å²) in [6.45, 7) is 1.47. The number of carbonyl (C=O) groups excluding carboxylic acids is 1. The van der Waals surface area contributed by atoms with Gasteiger partial charge in [-0.3, -0.25) is 9.00 Å². The van der Waals surface area contributed by atoms with E-state index in [1.165, 1.54) is 0 Å². The Balaban J connectivity index is 1.74. The smallest absolute Gasteiger partial charge is 0.222 e. The Kier molecular flexibility index (Phi) is 6.39. The Hall–Kier alpha value is -0.720. The SMILES string of the molecule is NC1CCCN(C(=O)CCCS(=O)c2ccc(Br)cc2)C1. The van der Waals surface area contributed by atoms with Gasteiger partial charge in [-0.15, -0.1) is 0 Å². The van der Waals surface area contributed by atoms with Crippen LogP contribution in [0.15, 0.2) is 33.6 Å². The van der Waals surface area contributed by atoms with E-state index in [4.69, 9.17) is 5.73 Å². The fraction of sp³-hybridized carbons (Fsp3) is 0.533. The highest BCUT2D eigenvalue weighted by Crippen LogP contribution is 2.15. The van der Waals surface area contributed by atoms with Gasteiger partial charge in [0.05, 0.1) is 10.8 Å². The van der Waals surface area contributed by atoms with E-state index in [2.05, 4.69) is 15.9 Å². The molecule has 0 bridgehead atoms. The van der Waals surface area contributed by atoms with Crippen LogP contribution in [0.2, 0.25) is 0 Å². The average Bonchev–Trinajstić information content (AvgIpc) is 2.47. The fourth-order valence-corrected chi connectivity index (χ4v) is 3.80. The van der Waals surface area contributed by atoms with Crippen LogP contribution in [0.5, 0.6) is 0 Å². The van der Waals surface area contributed by atoms with E-state index in [-0.39, 0.29) is 11.9 Å². The number of halogens is 1. The lowest BCUT2D eigenvalue weighted by Crippen LogP contribution is -2.45. The number of carbonyl (C=O) groups is 1. The summed E-state index contributed by atoms with van der Waals surface area (Å²) in [5.74, 6) is 0.658. The Labute approximate surface area is 136 Å². The first-order valence-electron chi connectivity index (χ1n) is 7.23. The molecule has 1 aromatic rings. The van der Waals surface area contributed by atoms with Gasteiger partial charge in [0.15, 0.2) is 0 Å². The molecule has 1 heterocycles. The molecule has 1 aromatic carbocycles. The molecule has 2 unspecified atom stereocenters. The number of nitrogens with zero attached hydrogens (tertiary/aromatic N) is 1. The molecule has 21 heavy (non-hydrogen) atoms. The summed E-state index contributed by atoms with van der Waals surface area (Å²) in [6.07, 6.45) is 3.08. The highest BCUT2D eigenvalue weighted by atomic mass is 79.9. The second kappa shape index (κ2) is 8.06. The quantitative estimate of drug-likeness (QED) is 0.862. The summed E-state index contributed by atoms with van der Waals surface area (Å²) >= 11 is 3.36. The number of nitrogens with two attached hydrogens (primary N) is 1. The molecular formula is C15H21BrN2O2S. The van der Waals surface area contributed by atoms with Crippen LogP contribution >= 0.6 is 15.9 Å². The molecule has 1 aliphatic heterocycles. The van der Waals surface area contributed by atoms with Crippen LogP contribution in [0.3, 0.4) is 0 Å². The van der Waals surface area contributed by atoms with Crippen molar-refractivity contribution in [3.63, 3.8) is 0 Å². The Morgan fingerprint density at radius 2 is 2.10 bits per heavy atom. The lowest BCUT2D eigenvalue weighted by atomic mass is 10.1. The van der Waals surface area contributed by atoms with Crippen molar-refractivity contribution in [2.24, 2.45) is 5.73 Å². The van der Waals surface area contributed by atoms with Gasteiger partial charge in [0.1, 0.15) is 0 Å². The molecule has 1 aliphatic rings. The van der Waals surface area contributed by atoms with E-state index in [0.717, 1.165) is 28.8 Å². The summed E-state index contributed by atoms with van der Waals surface area (Å²) in [6, 6.07) is 7.58. The van der Waals surface area contributed by atoms with Crippen molar-refractivity contribution in [1.82, 2.24) is 4.90 Å². The second-order valence-corrected chi connectivity index (χ2v) is 7.84. The van der Waals surface area contributed by atoms with Crippen molar-refractivity contribution >= 4 is 32.6 Å². The number of rotatable bonds is 5. The molecule has 116 valence electrons. The van der Waals surface area contributed by atoms with Gasteiger partial charge in [-0.05, 0) is 43.5 Å². The third-order valence-electron chi connectivity index (χ3n) is 3.61. The minimum Gasteiger partial charge on any atom is -0.341 e. The number of amides is 1. The second-order valence-electron chi connectivity index (χ2n) is 5.35. The molecule has 1 amide bonds. The largest absolute Gasteiger partial charge is 0.341 e. The van der Waals surface area contributed by atoms with Crippen molar-refractivity contribution in [1.29, 1.82) is 0 Å². The van der Waals surface area contributed by atoms with Crippen molar-refractivity contribution in [3.8, 4) is 0 Å². The van der Waals surface area contributed by atoms with E-state index in [9.17, 15) is 9.00 Å². The van der Waals surface area contributed by atoms with E-state index in [1.807, 2.05) is 29.2 Å². The maximum atomic E-state index is 12.1. The first-order valence-corrected chi connectivity index (χ1v) is 9.35. The average molecular weight is 373 g/mol. The standard InChI is InChI=1S/C15H21BrN2O2S/c16-12-5-7-14(8-6-12)21(20)10-2-4-15(19)18-9-1-3-13(17)11-18/h5-8,13H,1-4,9-11,17H2. The lowest BCUT2D eigenvalue weighted by Gasteiger charge is -2.30. The van der Waals surface area contributed by atoms with Crippen molar-refractivity contribution < 1.29 is 9.00 Å². The molecule has 1 fully saturated rings. The normalized spacial score (nSPS) is 20.3. The molecule has 2 N–H and O–H groups in total. The maximum absolute atomic E-state index is 12.1. The lowest BCUT2D eigenvalue weighted by molar-refractivity contribution is -0.132. The number of likely N-dealkylation sites (tertiary alicyclic amines) is 1. The summed E-state index contributed by atoms with van der Waals surface area (Å²) in [5.41, 5.74) is 5.88. The zero-order valence-corrected chi connectivity index (χ0v) is 14.4. The van der Waals surface area contributed by atoms with Gasteiger partial charge in [-0.25, -0.2) is 0 Å². The summed E-state index contributed by atoms with van der Waals surface area (Å²) in [5, 5.41) is 0. The molecule has 0 radical (unpaired) electrons. The van der Waals surface area contributed by atoms with Crippen LogP contribution in [0.25, 0.3) is 0 Å². The van der Waals surface area contributed by atoms with Gasteiger partial charge in [0.25, 0.3) is 0 Å². The minimum atomic E-state index is -1.04. The Morgan fingerprint density at radius 3 is 2.76 bits per heavy atom. The number of benzene rings is 1. The summed E-state index contributed by atoms with van der Waals surface area (Å²) in [4.78, 5) is 14.7. The molecular weight excluding hydrogens is 352 g/mol. The van der Waals surface area contributed by atoms with Crippen LogP contribution in [0, 0.1) is 0 Å². The fourth-order valence-electron chi connectivity index (χ4n) is 2.45. The van der Waals surface area contributed by atoms with Crippen LogP contribution in [-0.4, -0.2) is 39.9 Å². The zero-order valence-electron chi connectivity index (χ0n) is 12.0. The van der Waals surface area contributed by atoms with Gasteiger partial charge >= 0.3 is 0 Å². The third-order valence-corrected chi connectivity index (χ3v) is 5.59. The number of piperidine rings is 1. The highest BCUT2D eigenvalue weighted by Gasteiger charge is 2.20. The van der Waals surface area contributed by atoms with Crippen LogP contribution in [0.4, 0.5) is 0 Å². The van der Waals surface area contributed by atoms with E-state index in [1.54, 1.807) is 0 Å². The minimum absolute atomic E-state index is 0.111. The van der Waals surface area contributed by atoms with Crippen LogP contribution in [-0.2, 0) is 15.6 Å². The Bertz CT molecular complexity index is 507. The Morgan fingerprint density at radius 1 is 1.38 bits per heavy atom. The molecule has 2 rings (SSSR count). The van der Waals surface area contributed by atoms with Crippen LogP contribution in [0.1, 0.15) is 25.7 Å². The summed E-state index contributed by atoms with van der Waals surface area (Å²) < 4.78 is 13.1. The van der Waals surface area contributed by atoms with E-state index < -0.39 is 10.8 Å². The van der Waals surface area contributed by atoms with Gasteiger partial charge < -0.3 is 10.6 Å². The maximum Gasteiger partial charge on any atom is 0.222 e. The molecule has 6 heteroatoms. The van der Waals surface area contributed by atoms with Crippen molar-refractivity contribution in [2.75, 3.05) is 18.8 Å². The first kappa shape index (κ1) is 16.6. The zero-order chi connectivity index (χ0) is 15.2. The molecule has 1 saturated heterocycles. The molecule has 2 atom stereocenters. The topological polar surface area (TPSA) is 63.4 Å². The number of hydrogen-bond acceptors (Lipinski definition) is 3. The molecule has 0 spiro atoms. The van der Waals surface area contributed by atoms with E-state index >= 15 is 0 Å². The van der Waals surface area contributed by atoms with Crippen LogP contribution < -0.4 is 5.73 Å². The van der Waals surface area contributed by atoms with Gasteiger partial charge in [0, 0.05) is 40.7 Å².